The number of ether oxygens (including phenoxy) is 1. The van der Waals surface area contributed by atoms with Gasteiger partial charge in [0.15, 0.2) is 6.10 Å². The largest absolute Gasteiger partial charge is 0.449 e. The van der Waals surface area contributed by atoms with E-state index in [-0.39, 0.29) is 5.15 Å². The molecule has 0 aliphatic heterocycles. The van der Waals surface area contributed by atoms with Gasteiger partial charge in [-0.05, 0) is 56.3 Å². The molecule has 1 aromatic heterocycles. The minimum absolute atomic E-state index is 0.155. The third-order valence-corrected chi connectivity index (χ3v) is 5.02. The first kappa shape index (κ1) is 25.0. The van der Waals surface area contributed by atoms with Gasteiger partial charge in [-0.2, -0.15) is 18.3 Å². The van der Waals surface area contributed by atoms with Gasteiger partial charge in [0.05, 0.1) is 22.6 Å². The average molecular weight is 496 g/mol. The Balaban J connectivity index is 1.67. The molecule has 1 amide bonds. The number of amides is 1. The van der Waals surface area contributed by atoms with Crippen molar-refractivity contribution in [1.82, 2.24) is 9.78 Å². The summed E-state index contributed by atoms with van der Waals surface area (Å²) in [5.74, 6) is -2.28. The molecular formula is C23H18ClF4N3O3. The van der Waals surface area contributed by atoms with Crippen LogP contribution in [0.3, 0.4) is 0 Å². The number of carbonyl (C=O) groups is 2. The van der Waals surface area contributed by atoms with Crippen LogP contribution in [-0.2, 0) is 20.5 Å². The molecule has 0 fully saturated rings. The van der Waals surface area contributed by atoms with Crippen LogP contribution in [0, 0.1) is 12.7 Å². The van der Waals surface area contributed by atoms with Gasteiger partial charge in [-0.15, -0.1) is 0 Å². The average Bonchev–Trinajstić information content (AvgIpc) is 3.05. The fourth-order valence-electron chi connectivity index (χ4n) is 2.95. The van der Waals surface area contributed by atoms with Gasteiger partial charge in [-0.25, -0.2) is 13.9 Å². The van der Waals surface area contributed by atoms with Gasteiger partial charge in [0.2, 0.25) is 0 Å². The molecule has 1 atom stereocenters. The van der Waals surface area contributed by atoms with E-state index in [1.807, 2.05) is 0 Å². The minimum atomic E-state index is -4.66. The molecule has 0 bridgehead atoms. The molecule has 11 heteroatoms. The standard InChI is InChI=1S/C23H18ClF4N3O3/c1-13-17(21(24)31(30-13)16-9-7-15(25)8-10-16)11-12-20(32)34-14(2)22(33)29-19-6-4-3-5-18(19)23(26,27)28/h3-12,14H,1-2H3,(H,29,33)/b12-11+. The van der Waals surface area contributed by atoms with Crippen LogP contribution >= 0.6 is 11.6 Å². The summed E-state index contributed by atoms with van der Waals surface area (Å²) in [5.41, 5.74) is -0.118. The Morgan fingerprint density at radius 1 is 1.15 bits per heavy atom. The van der Waals surface area contributed by atoms with Crippen LogP contribution in [0.25, 0.3) is 11.8 Å². The topological polar surface area (TPSA) is 73.2 Å². The maximum atomic E-state index is 13.1. The molecule has 2 aromatic carbocycles. The summed E-state index contributed by atoms with van der Waals surface area (Å²) in [6.07, 6.45) is -3.70. The van der Waals surface area contributed by atoms with Crippen LogP contribution < -0.4 is 5.32 Å². The third kappa shape index (κ3) is 5.82. The van der Waals surface area contributed by atoms with Gasteiger partial charge in [0.1, 0.15) is 11.0 Å². The Morgan fingerprint density at radius 3 is 2.44 bits per heavy atom. The van der Waals surface area contributed by atoms with Crippen LogP contribution in [-0.4, -0.2) is 27.8 Å². The zero-order chi connectivity index (χ0) is 25.0. The molecule has 6 nitrogen and oxygen atoms in total. The number of esters is 1. The number of hydrogen-bond donors (Lipinski definition) is 1. The number of carbonyl (C=O) groups excluding carboxylic acids is 2. The van der Waals surface area contributed by atoms with Gasteiger partial charge in [-0.1, -0.05) is 23.7 Å². The van der Waals surface area contributed by atoms with Crippen molar-refractivity contribution < 1.29 is 31.9 Å². The van der Waals surface area contributed by atoms with Crippen LogP contribution in [0.15, 0.2) is 54.6 Å². The van der Waals surface area contributed by atoms with Gasteiger partial charge in [-0.3, -0.25) is 4.79 Å². The van der Waals surface area contributed by atoms with E-state index < -0.39 is 41.2 Å². The highest BCUT2D eigenvalue weighted by atomic mass is 35.5. The second-order valence-corrected chi connectivity index (χ2v) is 7.48. The molecule has 0 aliphatic carbocycles. The Kier molecular flexibility index (Phi) is 7.41. The molecule has 34 heavy (non-hydrogen) atoms. The molecule has 0 spiro atoms. The van der Waals surface area contributed by atoms with E-state index in [1.165, 1.54) is 54.1 Å². The van der Waals surface area contributed by atoms with E-state index in [0.717, 1.165) is 18.2 Å². The predicted octanol–water partition coefficient (Wildman–Crippen LogP) is 5.58. The lowest BCUT2D eigenvalue weighted by molar-refractivity contribution is -0.148. The second-order valence-electron chi connectivity index (χ2n) is 7.12. The van der Waals surface area contributed by atoms with Gasteiger partial charge in [0.25, 0.3) is 5.91 Å². The smallest absolute Gasteiger partial charge is 0.418 e. The van der Waals surface area contributed by atoms with Crippen molar-refractivity contribution in [2.75, 3.05) is 5.32 Å². The van der Waals surface area contributed by atoms with Crippen molar-refractivity contribution in [3.8, 4) is 5.69 Å². The summed E-state index contributed by atoms with van der Waals surface area (Å²) in [6, 6.07) is 9.90. The predicted molar refractivity (Wildman–Crippen MR) is 118 cm³/mol. The number of aromatic nitrogens is 2. The lowest BCUT2D eigenvalue weighted by atomic mass is 10.1. The lowest BCUT2D eigenvalue weighted by Gasteiger charge is -2.16. The minimum Gasteiger partial charge on any atom is -0.449 e. The molecule has 0 saturated heterocycles. The Hall–Kier alpha value is -3.66. The number of anilines is 1. The van der Waals surface area contributed by atoms with Crippen molar-refractivity contribution in [2.24, 2.45) is 0 Å². The summed E-state index contributed by atoms with van der Waals surface area (Å²) in [5, 5.41) is 6.53. The summed E-state index contributed by atoms with van der Waals surface area (Å²) in [4.78, 5) is 24.4. The number of para-hydroxylation sites is 1. The summed E-state index contributed by atoms with van der Waals surface area (Å²) >= 11 is 6.33. The van der Waals surface area contributed by atoms with Crippen molar-refractivity contribution in [3.05, 3.63) is 82.4 Å². The number of benzene rings is 2. The van der Waals surface area contributed by atoms with Crippen LogP contribution in [0.1, 0.15) is 23.7 Å². The lowest BCUT2D eigenvalue weighted by Crippen LogP contribution is -2.30. The molecule has 3 rings (SSSR count). The molecule has 178 valence electrons. The number of nitrogens with zero attached hydrogens (tertiary/aromatic N) is 2. The molecule has 1 heterocycles. The first-order valence-corrected chi connectivity index (χ1v) is 10.2. The second kappa shape index (κ2) is 10.1. The number of nitrogens with one attached hydrogen (secondary N) is 1. The van der Waals surface area contributed by atoms with E-state index >= 15 is 0 Å². The highest BCUT2D eigenvalue weighted by Crippen LogP contribution is 2.34. The molecular weight excluding hydrogens is 478 g/mol. The fraction of sp³-hybridized carbons (Fsp3) is 0.174. The van der Waals surface area contributed by atoms with Crippen molar-refractivity contribution >= 4 is 35.2 Å². The van der Waals surface area contributed by atoms with Crippen molar-refractivity contribution in [2.45, 2.75) is 26.1 Å². The summed E-state index contributed by atoms with van der Waals surface area (Å²) in [6.45, 7) is 2.87. The monoisotopic (exact) mass is 495 g/mol. The number of rotatable bonds is 6. The first-order valence-electron chi connectivity index (χ1n) is 9.84. The van der Waals surface area contributed by atoms with Crippen molar-refractivity contribution in [1.29, 1.82) is 0 Å². The Morgan fingerprint density at radius 2 is 1.79 bits per heavy atom. The number of alkyl halides is 3. The van der Waals surface area contributed by atoms with Crippen LogP contribution in [0.4, 0.5) is 23.2 Å². The van der Waals surface area contributed by atoms with E-state index in [1.54, 1.807) is 6.92 Å². The zero-order valence-corrected chi connectivity index (χ0v) is 18.6. The summed E-state index contributed by atoms with van der Waals surface area (Å²) < 4.78 is 58.7. The maximum absolute atomic E-state index is 13.1. The highest BCUT2D eigenvalue weighted by Gasteiger charge is 2.34. The van der Waals surface area contributed by atoms with E-state index in [9.17, 15) is 27.2 Å². The quantitative estimate of drug-likeness (QED) is 0.275. The van der Waals surface area contributed by atoms with Crippen LogP contribution in [0.5, 0.6) is 0 Å². The number of halogens is 5. The molecule has 1 N–H and O–H groups in total. The van der Waals surface area contributed by atoms with Gasteiger partial charge < -0.3 is 10.1 Å². The van der Waals surface area contributed by atoms with E-state index in [4.69, 9.17) is 16.3 Å². The van der Waals surface area contributed by atoms with E-state index in [0.29, 0.717) is 16.9 Å². The molecule has 0 radical (unpaired) electrons. The summed E-state index contributed by atoms with van der Waals surface area (Å²) in [7, 11) is 0. The highest BCUT2D eigenvalue weighted by molar-refractivity contribution is 6.31. The molecule has 0 saturated carbocycles. The van der Waals surface area contributed by atoms with Crippen molar-refractivity contribution in [3.63, 3.8) is 0 Å². The molecule has 1 unspecified atom stereocenters. The van der Waals surface area contributed by atoms with E-state index in [2.05, 4.69) is 10.4 Å². The van der Waals surface area contributed by atoms with Gasteiger partial charge >= 0.3 is 12.1 Å². The Labute approximate surface area is 196 Å². The normalized spacial score (nSPS) is 12.6. The number of hydrogen-bond acceptors (Lipinski definition) is 4. The maximum Gasteiger partial charge on any atom is 0.418 e. The zero-order valence-electron chi connectivity index (χ0n) is 17.9. The SMILES string of the molecule is Cc1nn(-c2ccc(F)cc2)c(Cl)c1/C=C/C(=O)OC(C)C(=O)Nc1ccccc1C(F)(F)F. The van der Waals surface area contributed by atoms with Crippen LogP contribution in [0.2, 0.25) is 5.15 Å². The first-order chi connectivity index (χ1) is 16.0. The third-order valence-electron chi connectivity index (χ3n) is 4.66. The molecule has 0 aliphatic rings. The fourth-order valence-corrected chi connectivity index (χ4v) is 3.28. The Bertz CT molecular complexity index is 1240. The molecule has 3 aromatic rings. The number of aryl methyl sites for hydroxylation is 1. The van der Waals surface area contributed by atoms with Gasteiger partial charge in [0, 0.05) is 11.6 Å².